The van der Waals surface area contributed by atoms with Gasteiger partial charge >= 0.3 is 0 Å². The van der Waals surface area contributed by atoms with Crippen LogP contribution >= 0.6 is 11.8 Å². The maximum Gasteiger partial charge on any atom is 0.0949 e. The molecular weight excluding hydrogens is 208 g/mol. The molecule has 1 heterocycles. The first kappa shape index (κ1) is 12.5. The SMILES string of the molecule is CNCNCCSCc1ncn(C)c1C. The Morgan fingerprint density at radius 3 is 2.93 bits per heavy atom. The van der Waals surface area contributed by atoms with Crippen LogP contribution in [0.4, 0.5) is 0 Å². The van der Waals surface area contributed by atoms with Crippen molar-refractivity contribution in [3.63, 3.8) is 0 Å². The van der Waals surface area contributed by atoms with E-state index in [2.05, 4.69) is 27.1 Å². The molecule has 0 aliphatic heterocycles. The van der Waals surface area contributed by atoms with Crippen molar-refractivity contribution in [3.05, 3.63) is 17.7 Å². The van der Waals surface area contributed by atoms with Crippen LogP contribution in [0.2, 0.25) is 0 Å². The van der Waals surface area contributed by atoms with E-state index in [0.717, 1.165) is 24.7 Å². The Kier molecular flexibility index (Phi) is 5.75. The summed E-state index contributed by atoms with van der Waals surface area (Å²) in [7, 11) is 3.97. The second-order valence-electron chi connectivity index (χ2n) is 3.47. The average molecular weight is 228 g/mol. The molecule has 1 aromatic heterocycles. The maximum absolute atomic E-state index is 4.36. The van der Waals surface area contributed by atoms with Gasteiger partial charge in [-0.3, -0.25) is 0 Å². The van der Waals surface area contributed by atoms with Gasteiger partial charge in [0, 0.05) is 37.5 Å². The Labute approximate surface area is 95.8 Å². The van der Waals surface area contributed by atoms with E-state index in [1.807, 2.05) is 32.2 Å². The van der Waals surface area contributed by atoms with Gasteiger partial charge in [-0.2, -0.15) is 11.8 Å². The van der Waals surface area contributed by atoms with Gasteiger partial charge in [-0.05, 0) is 14.0 Å². The zero-order chi connectivity index (χ0) is 11.1. The molecule has 0 saturated heterocycles. The highest BCUT2D eigenvalue weighted by molar-refractivity contribution is 7.98. The number of aromatic nitrogens is 2. The minimum atomic E-state index is 0.878. The Morgan fingerprint density at radius 1 is 1.53 bits per heavy atom. The van der Waals surface area contributed by atoms with E-state index < -0.39 is 0 Å². The summed E-state index contributed by atoms with van der Waals surface area (Å²) in [6.45, 7) is 4.03. The third kappa shape index (κ3) is 4.24. The first-order chi connectivity index (χ1) is 7.25. The molecule has 5 heteroatoms. The lowest BCUT2D eigenvalue weighted by molar-refractivity contribution is 0.658. The highest BCUT2D eigenvalue weighted by Gasteiger charge is 2.02. The fraction of sp³-hybridized carbons (Fsp3) is 0.700. The molecule has 4 nitrogen and oxygen atoms in total. The Hall–Kier alpha value is -0.520. The molecule has 1 rings (SSSR count). The molecule has 0 aromatic carbocycles. The van der Waals surface area contributed by atoms with Crippen molar-refractivity contribution in [2.75, 3.05) is 26.0 Å². The fourth-order valence-electron chi connectivity index (χ4n) is 1.21. The van der Waals surface area contributed by atoms with Crippen molar-refractivity contribution in [2.45, 2.75) is 12.7 Å². The van der Waals surface area contributed by atoms with Gasteiger partial charge in [-0.25, -0.2) is 4.98 Å². The number of hydrogen-bond donors (Lipinski definition) is 2. The third-order valence-electron chi connectivity index (χ3n) is 2.30. The van der Waals surface area contributed by atoms with E-state index in [1.54, 1.807) is 0 Å². The van der Waals surface area contributed by atoms with Crippen LogP contribution < -0.4 is 10.6 Å². The molecule has 2 N–H and O–H groups in total. The standard InChI is InChI=1S/C10H20N4S/c1-9-10(13-8-14(9)3)6-15-5-4-12-7-11-2/h8,11-12H,4-7H2,1-3H3. The van der Waals surface area contributed by atoms with Crippen LogP contribution in [0.5, 0.6) is 0 Å². The van der Waals surface area contributed by atoms with Crippen LogP contribution in [0.15, 0.2) is 6.33 Å². The first-order valence-corrected chi connectivity index (χ1v) is 6.31. The van der Waals surface area contributed by atoms with Crippen molar-refractivity contribution < 1.29 is 0 Å². The lowest BCUT2D eigenvalue weighted by Crippen LogP contribution is -2.27. The van der Waals surface area contributed by atoms with E-state index in [-0.39, 0.29) is 0 Å². The topological polar surface area (TPSA) is 41.9 Å². The van der Waals surface area contributed by atoms with Crippen LogP contribution in [0.1, 0.15) is 11.4 Å². The molecule has 0 spiro atoms. The van der Waals surface area contributed by atoms with Crippen molar-refractivity contribution >= 4 is 11.8 Å². The summed E-state index contributed by atoms with van der Waals surface area (Å²) >= 11 is 1.92. The van der Waals surface area contributed by atoms with Gasteiger partial charge in [0.05, 0.1) is 12.0 Å². The maximum atomic E-state index is 4.36. The van der Waals surface area contributed by atoms with Gasteiger partial charge < -0.3 is 15.2 Å². The van der Waals surface area contributed by atoms with Gasteiger partial charge in [0.15, 0.2) is 0 Å². The molecule has 15 heavy (non-hydrogen) atoms. The van der Waals surface area contributed by atoms with Gasteiger partial charge in [0.2, 0.25) is 0 Å². The number of thioether (sulfide) groups is 1. The number of rotatable bonds is 7. The highest BCUT2D eigenvalue weighted by Crippen LogP contribution is 2.13. The zero-order valence-electron chi connectivity index (χ0n) is 9.71. The molecule has 0 fully saturated rings. The highest BCUT2D eigenvalue weighted by atomic mass is 32.2. The molecule has 0 unspecified atom stereocenters. The number of nitrogens with one attached hydrogen (secondary N) is 2. The van der Waals surface area contributed by atoms with Gasteiger partial charge in [-0.15, -0.1) is 0 Å². The predicted octanol–water partition coefficient (Wildman–Crippen LogP) is 0.728. The molecule has 0 bridgehead atoms. The summed E-state index contributed by atoms with van der Waals surface area (Å²) in [5.41, 5.74) is 2.47. The molecule has 0 amide bonds. The van der Waals surface area contributed by atoms with E-state index in [9.17, 15) is 0 Å². The molecule has 0 radical (unpaired) electrons. The summed E-state index contributed by atoms with van der Waals surface area (Å²) in [4.78, 5) is 4.36. The van der Waals surface area contributed by atoms with E-state index >= 15 is 0 Å². The number of imidazole rings is 1. The molecule has 0 aliphatic rings. The summed E-state index contributed by atoms with van der Waals surface area (Å²) in [6, 6.07) is 0. The summed E-state index contributed by atoms with van der Waals surface area (Å²) < 4.78 is 2.06. The first-order valence-electron chi connectivity index (χ1n) is 5.15. The average Bonchev–Trinajstić information content (AvgIpc) is 2.54. The fourth-order valence-corrected chi connectivity index (χ4v) is 2.12. The molecule has 86 valence electrons. The van der Waals surface area contributed by atoms with Crippen LogP contribution in [-0.4, -0.2) is 35.6 Å². The van der Waals surface area contributed by atoms with Crippen molar-refractivity contribution in [1.82, 2.24) is 20.2 Å². The van der Waals surface area contributed by atoms with Crippen LogP contribution in [-0.2, 0) is 12.8 Å². The van der Waals surface area contributed by atoms with Gasteiger partial charge in [-0.1, -0.05) is 0 Å². The quantitative estimate of drug-likeness (QED) is 0.533. The zero-order valence-corrected chi connectivity index (χ0v) is 10.5. The molecule has 0 saturated carbocycles. The summed E-state index contributed by atoms with van der Waals surface area (Å²) in [5.74, 6) is 2.13. The largest absolute Gasteiger partial charge is 0.338 e. The van der Waals surface area contributed by atoms with Crippen LogP contribution in [0, 0.1) is 6.92 Å². The lowest BCUT2D eigenvalue weighted by Gasteiger charge is -2.03. The van der Waals surface area contributed by atoms with Crippen molar-refractivity contribution in [1.29, 1.82) is 0 Å². The second kappa shape index (κ2) is 6.87. The number of hydrogen-bond acceptors (Lipinski definition) is 4. The van der Waals surface area contributed by atoms with Gasteiger partial charge in [0.25, 0.3) is 0 Å². The van der Waals surface area contributed by atoms with E-state index in [0.29, 0.717) is 0 Å². The second-order valence-corrected chi connectivity index (χ2v) is 4.58. The Balaban J connectivity index is 2.12. The minimum Gasteiger partial charge on any atom is -0.338 e. The summed E-state index contributed by atoms with van der Waals surface area (Å²) in [6.07, 6.45) is 1.88. The molecule has 0 atom stereocenters. The smallest absolute Gasteiger partial charge is 0.0949 e. The molecule has 0 aliphatic carbocycles. The Bertz CT molecular complexity index is 285. The van der Waals surface area contributed by atoms with Crippen LogP contribution in [0.3, 0.4) is 0 Å². The van der Waals surface area contributed by atoms with Crippen molar-refractivity contribution in [3.8, 4) is 0 Å². The van der Waals surface area contributed by atoms with Crippen LogP contribution in [0.25, 0.3) is 0 Å². The van der Waals surface area contributed by atoms with E-state index in [4.69, 9.17) is 0 Å². The van der Waals surface area contributed by atoms with Gasteiger partial charge in [0.1, 0.15) is 0 Å². The number of nitrogens with zero attached hydrogens (tertiary/aromatic N) is 2. The minimum absolute atomic E-state index is 0.878. The monoisotopic (exact) mass is 228 g/mol. The normalized spacial score (nSPS) is 10.9. The summed E-state index contributed by atoms with van der Waals surface area (Å²) in [5, 5.41) is 6.34. The predicted molar refractivity (Wildman–Crippen MR) is 66.0 cm³/mol. The van der Waals surface area contributed by atoms with Crippen molar-refractivity contribution in [2.24, 2.45) is 7.05 Å². The Morgan fingerprint density at radius 2 is 2.33 bits per heavy atom. The number of aryl methyl sites for hydroxylation is 1. The van der Waals surface area contributed by atoms with E-state index in [1.165, 1.54) is 11.4 Å². The third-order valence-corrected chi connectivity index (χ3v) is 3.27. The molecule has 1 aromatic rings. The molecular formula is C10H20N4S. The lowest BCUT2D eigenvalue weighted by atomic mass is 10.4.